The Morgan fingerprint density at radius 3 is 2.52 bits per heavy atom. The molecule has 4 aromatic rings. The van der Waals surface area contributed by atoms with Gasteiger partial charge in [0.05, 0.1) is 11.7 Å². The van der Waals surface area contributed by atoms with Crippen LogP contribution in [0.2, 0.25) is 0 Å². The van der Waals surface area contributed by atoms with Crippen molar-refractivity contribution < 1.29 is 8.78 Å². The van der Waals surface area contributed by atoms with E-state index >= 15 is 0 Å². The first-order valence-corrected chi connectivity index (χ1v) is 7.63. The van der Waals surface area contributed by atoms with Crippen LogP contribution >= 0.6 is 0 Å². The summed E-state index contributed by atoms with van der Waals surface area (Å²) in [5.74, 6) is 0.686. The van der Waals surface area contributed by atoms with Crippen molar-refractivity contribution in [2.45, 2.75) is 6.17 Å². The molecule has 2 heterocycles. The van der Waals surface area contributed by atoms with E-state index in [1.807, 2.05) is 18.2 Å². The van der Waals surface area contributed by atoms with Crippen LogP contribution in [0.15, 0.2) is 60.8 Å². The van der Waals surface area contributed by atoms with Gasteiger partial charge in [0.2, 0.25) is 0 Å². The van der Waals surface area contributed by atoms with Gasteiger partial charge in [-0.25, -0.2) is 18.7 Å². The highest BCUT2D eigenvalue weighted by Crippen LogP contribution is 2.29. The van der Waals surface area contributed by atoms with Crippen LogP contribution in [0.1, 0.15) is 17.6 Å². The fraction of sp³-hybridized carbons (Fsp3) is 0.0556. The minimum Gasteiger partial charge on any atom is -0.325 e. The van der Waals surface area contributed by atoms with Crippen molar-refractivity contribution in [3.8, 4) is 0 Å². The quantitative estimate of drug-likeness (QED) is 0.583. The van der Waals surface area contributed by atoms with E-state index in [9.17, 15) is 8.78 Å². The number of rotatable bonds is 4. The lowest BCUT2D eigenvalue weighted by atomic mass is 10.1. The van der Waals surface area contributed by atoms with Crippen molar-refractivity contribution in [2.24, 2.45) is 0 Å². The topological polar surface area (TPSA) is 66.5 Å². The molecule has 7 heteroatoms. The van der Waals surface area contributed by atoms with E-state index < -0.39 is 12.0 Å². The zero-order chi connectivity index (χ0) is 17.2. The summed E-state index contributed by atoms with van der Waals surface area (Å²) < 4.78 is 28.0. The van der Waals surface area contributed by atoms with Gasteiger partial charge in [-0.2, -0.15) is 5.10 Å². The fourth-order valence-corrected chi connectivity index (χ4v) is 2.54. The van der Waals surface area contributed by atoms with Crippen LogP contribution in [0.4, 0.5) is 20.4 Å². The molecule has 0 spiro atoms. The summed E-state index contributed by atoms with van der Waals surface area (Å²) in [5.41, 5.74) is 0.906. The van der Waals surface area contributed by atoms with Crippen LogP contribution in [0.5, 0.6) is 0 Å². The molecule has 2 aromatic carbocycles. The second-order valence-corrected chi connectivity index (χ2v) is 5.46. The van der Waals surface area contributed by atoms with E-state index in [1.165, 1.54) is 24.3 Å². The predicted molar refractivity (Wildman–Crippen MR) is 90.8 cm³/mol. The van der Waals surface area contributed by atoms with Crippen molar-refractivity contribution in [2.75, 3.05) is 5.32 Å². The smallest absolute Gasteiger partial charge is 0.185 e. The molecule has 2 aromatic heterocycles. The normalized spacial score (nSPS) is 12.2. The van der Waals surface area contributed by atoms with E-state index in [4.69, 9.17) is 0 Å². The maximum Gasteiger partial charge on any atom is 0.185 e. The number of halogens is 2. The highest BCUT2D eigenvalue weighted by molar-refractivity contribution is 5.90. The number of para-hydroxylation sites is 1. The number of aromatic amines is 1. The Labute approximate surface area is 141 Å². The maximum absolute atomic E-state index is 14.9. The third-order valence-electron chi connectivity index (χ3n) is 3.76. The summed E-state index contributed by atoms with van der Waals surface area (Å²) >= 11 is 0. The number of anilines is 2. The zero-order valence-corrected chi connectivity index (χ0v) is 12.9. The van der Waals surface area contributed by atoms with Crippen molar-refractivity contribution in [3.63, 3.8) is 0 Å². The summed E-state index contributed by atoms with van der Waals surface area (Å²) in [6, 6.07) is 14.3. The Bertz CT molecular complexity index is 1000. The molecule has 0 amide bonds. The van der Waals surface area contributed by atoms with Gasteiger partial charge in [-0.15, -0.1) is 0 Å². The molecule has 5 nitrogen and oxygen atoms in total. The van der Waals surface area contributed by atoms with Crippen LogP contribution in [0, 0.1) is 5.82 Å². The molecule has 0 saturated carbocycles. The van der Waals surface area contributed by atoms with E-state index in [0.29, 0.717) is 22.7 Å². The number of benzene rings is 2. The standard InChI is InChI=1S/C18H13F2N5/c19-12-7-5-11(6-8-12)16(20)18-22-14-4-2-1-3-13(14)17(24-18)23-15-9-10-21-25-15/h1-10,16H,(H2,21,22,23,24,25). The molecule has 25 heavy (non-hydrogen) atoms. The first-order valence-electron chi connectivity index (χ1n) is 7.63. The van der Waals surface area contributed by atoms with Gasteiger partial charge < -0.3 is 5.32 Å². The van der Waals surface area contributed by atoms with Crippen molar-refractivity contribution in [1.29, 1.82) is 0 Å². The summed E-state index contributed by atoms with van der Waals surface area (Å²) in [6.07, 6.45) is 0.0378. The molecule has 0 bridgehead atoms. The van der Waals surface area contributed by atoms with Crippen LogP contribution < -0.4 is 5.32 Å². The van der Waals surface area contributed by atoms with Gasteiger partial charge in [-0.1, -0.05) is 24.3 Å². The average Bonchev–Trinajstić information content (AvgIpc) is 3.15. The van der Waals surface area contributed by atoms with Gasteiger partial charge in [0.25, 0.3) is 0 Å². The Morgan fingerprint density at radius 2 is 1.76 bits per heavy atom. The van der Waals surface area contributed by atoms with Gasteiger partial charge in [0, 0.05) is 11.5 Å². The molecule has 2 N–H and O–H groups in total. The summed E-state index contributed by atoms with van der Waals surface area (Å²) in [7, 11) is 0. The summed E-state index contributed by atoms with van der Waals surface area (Å²) in [4.78, 5) is 8.65. The monoisotopic (exact) mass is 337 g/mol. The third kappa shape index (κ3) is 3.03. The number of aromatic nitrogens is 4. The highest BCUT2D eigenvalue weighted by Gasteiger charge is 2.19. The molecule has 1 atom stereocenters. The minimum absolute atomic E-state index is 0.00678. The number of nitrogens with one attached hydrogen (secondary N) is 2. The molecule has 0 radical (unpaired) electrons. The molecule has 1 unspecified atom stereocenters. The van der Waals surface area contributed by atoms with Gasteiger partial charge in [0.1, 0.15) is 17.5 Å². The van der Waals surface area contributed by atoms with Crippen LogP contribution in [-0.4, -0.2) is 20.2 Å². The highest BCUT2D eigenvalue weighted by atomic mass is 19.1. The zero-order valence-electron chi connectivity index (χ0n) is 12.9. The Morgan fingerprint density at radius 1 is 0.960 bits per heavy atom. The molecule has 0 saturated heterocycles. The molecule has 124 valence electrons. The lowest BCUT2D eigenvalue weighted by Gasteiger charge is -2.12. The number of hydrogen-bond donors (Lipinski definition) is 2. The number of H-pyrrole nitrogens is 1. The SMILES string of the molecule is Fc1ccc(C(F)c2nc(Nc3ccn[nH]3)c3ccccc3n2)cc1. The van der Waals surface area contributed by atoms with Gasteiger partial charge in [-0.05, 0) is 29.8 Å². The van der Waals surface area contributed by atoms with Gasteiger partial charge >= 0.3 is 0 Å². The number of hydrogen-bond acceptors (Lipinski definition) is 4. The molecule has 0 aliphatic heterocycles. The first-order chi connectivity index (χ1) is 12.2. The average molecular weight is 337 g/mol. The van der Waals surface area contributed by atoms with Gasteiger partial charge in [0.15, 0.2) is 12.0 Å². The second kappa shape index (κ2) is 6.27. The first kappa shape index (κ1) is 15.2. The molecular formula is C18H13F2N5. The number of fused-ring (bicyclic) bond motifs is 1. The summed E-state index contributed by atoms with van der Waals surface area (Å²) in [5, 5.41) is 10.5. The Hall–Kier alpha value is -3.35. The Kier molecular flexibility index (Phi) is 3.81. The van der Waals surface area contributed by atoms with Gasteiger partial charge in [-0.3, -0.25) is 5.10 Å². The molecular weight excluding hydrogens is 324 g/mol. The molecule has 0 aliphatic carbocycles. The summed E-state index contributed by atoms with van der Waals surface area (Å²) in [6.45, 7) is 0. The van der Waals surface area contributed by atoms with Crippen molar-refractivity contribution >= 4 is 22.5 Å². The maximum atomic E-state index is 14.9. The van der Waals surface area contributed by atoms with Crippen molar-refractivity contribution in [1.82, 2.24) is 20.2 Å². The number of nitrogens with zero attached hydrogens (tertiary/aromatic N) is 3. The Balaban J connectivity index is 1.80. The number of alkyl halides is 1. The van der Waals surface area contributed by atoms with Crippen molar-refractivity contribution in [3.05, 3.63) is 78.0 Å². The molecule has 4 rings (SSSR count). The third-order valence-corrected chi connectivity index (χ3v) is 3.76. The van der Waals surface area contributed by atoms with E-state index in [2.05, 4.69) is 25.5 Å². The van der Waals surface area contributed by atoms with Crippen LogP contribution in [0.25, 0.3) is 10.9 Å². The largest absolute Gasteiger partial charge is 0.325 e. The van der Waals surface area contributed by atoms with E-state index in [1.54, 1.807) is 18.3 Å². The van der Waals surface area contributed by atoms with E-state index in [0.717, 1.165) is 5.39 Å². The predicted octanol–water partition coefficient (Wildman–Crippen LogP) is 4.29. The minimum atomic E-state index is -1.56. The fourth-order valence-electron chi connectivity index (χ4n) is 2.54. The molecule has 0 aliphatic rings. The van der Waals surface area contributed by atoms with Crippen LogP contribution in [-0.2, 0) is 0 Å². The lowest BCUT2D eigenvalue weighted by Crippen LogP contribution is -2.05. The van der Waals surface area contributed by atoms with E-state index in [-0.39, 0.29) is 5.82 Å². The lowest BCUT2D eigenvalue weighted by molar-refractivity contribution is 0.384. The van der Waals surface area contributed by atoms with Crippen LogP contribution in [0.3, 0.4) is 0 Å². The molecule has 0 fully saturated rings. The second-order valence-electron chi connectivity index (χ2n) is 5.46.